The minimum atomic E-state index is -0.0471. The molecule has 1 N–H and O–H groups in total. The molecule has 0 saturated heterocycles. The molecule has 1 rings (SSSR count). The fourth-order valence-electron chi connectivity index (χ4n) is 1.12. The Hall–Kier alpha value is -1.35. The van der Waals surface area contributed by atoms with Crippen LogP contribution in [0.2, 0.25) is 0 Å². The molecule has 0 atom stereocenters. The Balaban J connectivity index is 3.15. The van der Waals surface area contributed by atoms with Gasteiger partial charge >= 0.3 is 0 Å². The quantitative estimate of drug-likeness (QED) is 0.715. The first kappa shape index (κ1) is 9.74. The van der Waals surface area contributed by atoms with Crippen LogP contribution < -0.4 is 4.74 Å². The lowest BCUT2D eigenvalue weighted by molar-refractivity contribution is 0.101. The topological polar surface area (TPSA) is 46.5 Å². The number of rotatable bonds is 3. The number of carbonyl (C=O) groups excluding carboxylic acids is 1. The summed E-state index contributed by atoms with van der Waals surface area (Å²) in [5, 5.41) is 8.85. The number of aliphatic hydroxyl groups excluding tert-OH is 1. The van der Waals surface area contributed by atoms with Crippen LogP contribution in [-0.4, -0.2) is 18.0 Å². The monoisotopic (exact) mass is 180 g/mol. The van der Waals surface area contributed by atoms with Crippen LogP contribution in [0.25, 0.3) is 0 Å². The Labute approximate surface area is 77.0 Å². The minimum absolute atomic E-state index is 0.0404. The molecule has 70 valence electrons. The summed E-state index contributed by atoms with van der Waals surface area (Å²) in [5.74, 6) is 0.473. The summed E-state index contributed by atoms with van der Waals surface area (Å²) in [5.41, 5.74) is 1.28. The van der Waals surface area contributed by atoms with Crippen LogP contribution in [0, 0.1) is 0 Å². The Morgan fingerprint density at radius 2 is 2.23 bits per heavy atom. The van der Waals surface area contributed by atoms with Crippen molar-refractivity contribution < 1.29 is 14.6 Å². The van der Waals surface area contributed by atoms with E-state index in [-0.39, 0.29) is 12.4 Å². The van der Waals surface area contributed by atoms with Gasteiger partial charge in [-0.2, -0.15) is 0 Å². The molecule has 0 saturated carbocycles. The molecule has 1 aromatic rings. The predicted octanol–water partition coefficient (Wildman–Crippen LogP) is 1.39. The summed E-state index contributed by atoms with van der Waals surface area (Å²) in [6.07, 6.45) is 0. The van der Waals surface area contributed by atoms with Gasteiger partial charge in [0.15, 0.2) is 5.78 Å². The summed E-state index contributed by atoms with van der Waals surface area (Å²) >= 11 is 0. The van der Waals surface area contributed by atoms with Crippen molar-refractivity contribution >= 4 is 5.78 Å². The number of aliphatic hydroxyl groups is 1. The van der Waals surface area contributed by atoms with Crippen LogP contribution in [0.15, 0.2) is 18.2 Å². The average Bonchev–Trinajstić information content (AvgIpc) is 2.16. The van der Waals surface area contributed by atoms with Gasteiger partial charge in [-0.05, 0) is 24.6 Å². The molecule has 0 heterocycles. The van der Waals surface area contributed by atoms with Gasteiger partial charge in [0.2, 0.25) is 0 Å². The second-order valence-electron chi connectivity index (χ2n) is 2.75. The molecule has 3 heteroatoms. The molecule has 0 amide bonds. The Bertz CT molecular complexity index is 318. The van der Waals surface area contributed by atoms with E-state index in [1.165, 1.54) is 14.0 Å². The van der Waals surface area contributed by atoms with Crippen molar-refractivity contribution in [3.63, 3.8) is 0 Å². The number of carbonyl (C=O) groups is 1. The zero-order valence-corrected chi connectivity index (χ0v) is 7.70. The normalized spacial score (nSPS) is 9.77. The SMILES string of the molecule is COc1cc(CO)ccc1C(C)=O. The Kier molecular flexibility index (Phi) is 3.03. The molecule has 1 aromatic carbocycles. The number of ketones is 1. The molecule has 13 heavy (non-hydrogen) atoms. The number of hydrogen-bond donors (Lipinski definition) is 1. The van der Waals surface area contributed by atoms with E-state index in [1.807, 2.05) is 0 Å². The minimum Gasteiger partial charge on any atom is -0.496 e. The van der Waals surface area contributed by atoms with Gasteiger partial charge < -0.3 is 9.84 Å². The van der Waals surface area contributed by atoms with E-state index in [2.05, 4.69) is 0 Å². The van der Waals surface area contributed by atoms with E-state index in [0.29, 0.717) is 11.3 Å². The summed E-state index contributed by atoms with van der Waals surface area (Å²) in [6, 6.07) is 5.03. The maximum atomic E-state index is 11.1. The second-order valence-corrected chi connectivity index (χ2v) is 2.75. The first-order valence-corrected chi connectivity index (χ1v) is 3.97. The standard InChI is InChI=1S/C10H12O3/c1-7(12)9-4-3-8(6-11)5-10(9)13-2/h3-5,11H,6H2,1-2H3. The highest BCUT2D eigenvalue weighted by atomic mass is 16.5. The molecule has 0 aliphatic carbocycles. The van der Waals surface area contributed by atoms with Crippen LogP contribution in [0.5, 0.6) is 5.75 Å². The fraction of sp³-hybridized carbons (Fsp3) is 0.300. The van der Waals surface area contributed by atoms with E-state index < -0.39 is 0 Å². The maximum absolute atomic E-state index is 11.1. The summed E-state index contributed by atoms with van der Waals surface area (Å²) in [7, 11) is 1.50. The molecular formula is C10H12O3. The number of benzene rings is 1. The van der Waals surface area contributed by atoms with Crippen molar-refractivity contribution in [3.05, 3.63) is 29.3 Å². The summed E-state index contributed by atoms with van der Waals surface area (Å²) in [4.78, 5) is 11.1. The van der Waals surface area contributed by atoms with Gasteiger partial charge in [0, 0.05) is 0 Å². The van der Waals surface area contributed by atoms with E-state index in [9.17, 15) is 4.79 Å². The fourth-order valence-corrected chi connectivity index (χ4v) is 1.12. The van der Waals surface area contributed by atoms with E-state index in [1.54, 1.807) is 18.2 Å². The average molecular weight is 180 g/mol. The van der Waals surface area contributed by atoms with Gasteiger partial charge in [-0.3, -0.25) is 4.79 Å². The third-order valence-corrected chi connectivity index (χ3v) is 1.83. The van der Waals surface area contributed by atoms with Gasteiger partial charge in [-0.25, -0.2) is 0 Å². The molecule has 0 aromatic heterocycles. The number of methoxy groups -OCH3 is 1. The number of hydrogen-bond acceptors (Lipinski definition) is 3. The molecule has 0 fully saturated rings. The zero-order valence-electron chi connectivity index (χ0n) is 7.70. The van der Waals surface area contributed by atoms with Crippen LogP contribution in [0.3, 0.4) is 0 Å². The van der Waals surface area contributed by atoms with Crippen molar-refractivity contribution in [1.29, 1.82) is 0 Å². The van der Waals surface area contributed by atoms with Crippen molar-refractivity contribution in [2.75, 3.05) is 7.11 Å². The van der Waals surface area contributed by atoms with Crippen LogP contribution in [0.4, 0.5) is 0 Å². The Morgan fingerprint density at radius 3 is 2.69 bits per heavy atom. The van der Waals surface area contributed by atoms with Gasteiger partial charge in [-0.1, -0.05) is 6.07 Å². The molecule has 0 radical (unpaired) electrons. The van der Waals surface area contributed by atoms with Gasteiger partial charge in [0.25, 0.3) is 0 Å². The van der Waals surface area contributed by atoms with Crippen molar-refractivity contribution in [2.24, 2.45) is 0 Å². The van der Waals surface area contributed by atoms with Crippen LogP contribution in [0.1, 0.15) is 22.8 Å². The highest BCUT2D eigenvalue weighted by molar-refractivity contribution is 5.96. The largest absolute Gasteiger partial charge is 0.496 e. The molecular weight excluding hydrogens is 168 g/mol. The second kappa shape index (κ2) is 4.05. The maximum Gasteiger partial charge on any atom is 0.163 e. The van der Waals surface area contributed by atoms with Crippen LogP contribution >= 0.6 is 0 Å². The predicted molar refractivity (Wildman–Crippen MR) is 48.9 cm³/mol. The highest BCUT2D eigenvalue weighted by Crippen LogP contribution is 2.20. The van der Waals surface area contributed by atoms with Gasteiger partial charge in [-0.15, -0.1) is 0 Å². The number of ether oxygens (including phenoxy) is 1. The lowest BCUT2D eigenvalue weighted by Crippen LogP contribution is -1.98. The molecule has 0 spiro atoms. The third-order valence-electron chi connectivity index (χ3n) is 1.83. The smallest absolute Gasteiger partial charge is 0.163 e. The zero-order chi connectivity index (χ0) is 9.84. The molecule has 0 unspecified atom stereocenters. The molecule has 0 aliphatic heterocycles. The van der Waals surface area contributed by atoms with E-state index in [4.69, 9.17) is 9.84 Å². The van der Waals surface area contributed by atoms with E-state index >= 15 is 0 Å². The van der Waals surface area contributed by atoms with Crippen molar-refractivity contribution in [3.8, 4) is 5.75 Å². The molecule has 0 aliphatic rings. The lowest BCUT2D eigenvalue weighted by atomic mass is 10.1. The lowest BCUT2D eigenvalue weighted by Gasteiger charge is -2.06. The number of Topliss-reactive ketones (excluding diaryl/α,β-unsaturated/α-hetero) is 1. The van der Waals surface area contributed by atoms with Crippen molar-refractivity contribution in [2.45, 2.75) is 13.5 Å². The molecule has 3 nitrogen and oxygen atoms in total. The Morgan fingerprint density at radius 1 is 1.54 bits per heavy atom. The van der Waals surface area contributed by atoms with E-state index in [0.717, 1.165) is 5.56 Å². The first-order chi connectivity index (χ1) is 6.19. The van der Waals surface area contributed by atoms with Gasteiger partial charge in [0.1, 0.15) is 5.75 Å². The summed E-state index contributed by atoms with van der Waals surface area (Å²) in [6.45, 7) is 1.44. The van der Waals surface area contributed by atoms with Gasteiger partial charge in [0.05, 0.1) is 19.3 Å². The van der Waals surface area contributed by atoms with Crippen molar-refractivity contribution in [1.82, 2.24) is 0 Å². The highest BCUT2D eigenvalue weighted by Gasteiger charge is 2.07. The van der Waals surface area contributed by atoms with Crippen LogP contribution in [-0.2, 0) is 6.61 Å². The molecule has 0 bridgehead atoms. The first-order valence-electron chi connectivity index (χ1n) is 3.97. The third kappa shape index (κ3) is 2.06. The summed E-state index contributed by atoms with van der Waals surface area (Å²) < 4.78 is 5.02.